The molecule has 1 heterocycles. The highest BCUT2D eigenvalue weighted by Gasteiger charge is 2.17. The van der Waals surface area contributed by atoms with Gasteiger partial charge in [0, 0.05) is 19.6 Å². The third kappa shape index (κ3) is 3.83. The van der Waals surface area contributed by atoms with Crippen molar-refractivity contribution >= 4 is 0 Å². The maximum Gasteiger partial charge on any atom is 0.231 e. The predicted octanol–water partition coefficient (Wildman–Crippen LogP) is 0.942. The minimum Gasteiger partial charge on any atom is -0.454 e. The third-order valence-electron chi connectivity index (χ3n) is 3.19. The molecule has 1 aliphatic heterocycles. The number of fused-ring (bicyclic) bond motifs is 1. The molecule has 5 heteroatoms. The molecular formula is C14H22N2O3. The highest BCUT2D eigenvalue weighted by Crippen LogP contribution is 2.34. The lowest BCUT2D eigenvalue weighted by Crippen LogP contribution is -2.31. The van der Waals surface area contributed by atoms with Gasteiger partial charge in [0.1, 0.15) is 0 Å². The van der Waals surface area contributed by atoms with Crippen molar-refractivity contribution in [2.24, 2.45) is 0 Å². The molecule has 1 aromatic rings. The number of hydrogen-bond acceptors (Lipinski definition) is 5. The fourth-order valence-corrected chi connectivity index (χ4v) is 1.98. The fraction of sp³-hybridized carbons (Fsp3) is 0.571. The number of ether oxygens (including phenoxy) is 2. The number of aliphatic hydroxyl groups is 1. The highest BCUT2D eigenvalue weighted by atomic mass is 16.7. The molecule has 0 saturated heterocycles. The molecule has 106 valence electrons. The average molecular weight is 266 g/mol. The number of rotatable bonds is 6. The summed E-state index contributed by atoms with van der Waals surface area (Å²) < 4.78 is 10.6. The van der Waals surface area contributed by atoms with Crippen molar-refractivity contribution in [1.29, 1.82) is 0 Å². The molecule has 1 aliphatic rings. The zero-order chi connectivity index (χ0) is 13.8. The van der Waals surface area contributed by atoms with Gasteiger partial charge in [-0.2, -0.15) is 0 Å². The Kier molecular flexibility index (Phi) is 4.63. The number of hydrogen-bond donors (Lipinski definition) is 1. The Morgan fingerprint density at radius 1 is 1.16 bits per heavy atom. The molecule has 0 saturated carbocycles. The van der Waals surface area contributed by atoms with Crippen molar-refractivity contribution in [1.82, 2.24) is 9.80 Å². The topological polar surface area (TPSA) is 45.2 Å². The molecule has 5 nitrogen and oxygen atoms in total. The maximum atomic E-state index is 10.2. The van der Waals surface area contributed by atoms with Crippen molar-refractivity contribution in [2.75, 3.05) is 47.6 Å². The lowest BCUT2D eigenvalue weighted by molar-refractivity contribution is 0.122. The Morgan fingerprint density at radius 3 is 2.63 bits per heavy atom. The summed E-state index contributed by atoms with van der Waals surface area (Å²) >= 11 is 0. The number of aliphatic hydroxyl groups excluding tert-OH is 1. The van der Waals surface area contributed by atoms with E-state index in [1.54, 1.807) is 0 Å². The highest BCUT2D eigenvalue weighted by molar-refractivity contribution is 5.45. The molecule has 19 heavy (non-hydrogen) atoms. The number of benzene rings is 1. The SMILES string of the molecule is CN(C)CCN(C)CC(O)c1ccc2c(c1)OCO2. The quantitative estimate of drug-likeness (QED) is 0.830. The summed E-state index contributed by atoms with van der Waals surface area (Å²) in [4.78, 5) is 4.25. The third-order valence-corrected chi connectivity index (χ3v) is 3.19. The van der Waals surface area contributed by atoms with Gasteiger partial charge in [-0.1, -0.05) is 6.07 Å². The number of likely N-dealkylation sites (N-methyl/N-ethyl adjacent to an activating group) is 2. The Hall–Kier alpha value is -1.30. The van der Waals surface area contributed by atoms with Gasteiger partial charge in [0.15, 0.2) is 11.5 Å². The van der Waals surface area contributed by atoms with Crippen LogP contribution >= 0.6 is 0 Å². The summed E-state index contributed by atoms with van der Waals surface area (Å²) in [5.41, 5.74) is 0.862. The van der Waals surface area contributed by atoms with E-state index in [4.69, 9.17) is 9.47 Å². The molecule has 1 unspecified atom stereocenters. The van der Waals surface area contributed by atoms with Gasteiger partial charge >= 0.3 is 0 Å². The van der Waals surface area contributed by atoms with Gasteiger partial charge in [-0.05, 0) is 38.8 Å². The summed E-state index contributed by atoms with van der Waals surface area (Å²) in [6, 6.07) is 5.59. The second-order valence-corrected chi connectivity index (χ2v) is 5.19. The Bertz CT molecular complexity index is 423. The molecule has 1 atom stereocenters. The van der Waals surface area contributed by atoms with E-state index in [0.717, 1.165) is 24.4 Å². The Labute approximate surface area is 114 Å². The van der Waals surface area contributed by atoms with E-state index >= 15 is 0 Å². The van der Waals surface area contributed by atoms with Crippen LogP contribution in [0.2, 0.25) is 0 Å². The Morgan fingerprint density at radius 2 is 1.89 bits per heavy atom. The van der Waals surface area contributed by atoms with Crippen LogP contribution in [0.5, 0.6) is 11.5 Å². The largest absolute Gasteiger partial charge is 0.454 e. The van der Waals surface area contributed by atoms with Crippen LogP contribution in [0.4, 0.5) is 0 Å². The van der Waals surface area contributed by atoms with Gasteiger partial charge < -0.3 is 24.4 Å². The number of nitrogens with zero attached hydrogens (tertiary/aromatic N) is 2. The molecule has 0 radical (unpaired) electrons. The molecular weight excluding hydrogens is 244 g/mol. The first-order valence-electron chi connectivity index (χ1n) is 6.47. The van der Waals surface area contributed by atoms with Gasteiger partial charge in [-0.15, -0.1) is 0 Å². The summed E-state index contributed by atoms with van der Waals surface area (Å²) in [5.74, 6) is 1.46. The van der Waals surface area contributed by atoms with E-state index in [-0.39, 0.29) is 6.79 Å². The normalized spacial score (nSPS) is 15.3. The van der Waals surface area contributed by atoms with Crippen LogP contribution in [0.3, 0.4) is 0 Å². The smallest absolute Gasteiger partial charge is 0.231 e. The van der Waals surface area contributed by atoms with Crippen molar-refractivity contribution in [2.45, 2.75) is 6.10 Å². The summed E-state index contributed by atoms with van der Waals surface area (Å²) in [6.07, 6.45) is -0.512. The van der Waals surface area contributed by atoms with E-state index in [2.05, 4.69) is 9.80 Å². The molecule has 0 amide bonds. The van der Waals surface area contributed by atoms with Crippen LogP contribution in [0, 0.1) is 0 Å². The van der Waals surface area contributed by atoms with Crippen LogP contribution in [-0.2, 0) is 0 Å². The van der Waals surface area contributed by atoms with Crippen LogP contribution in [0.15, 0.2) is 18.2 Å². The van der Waals surface area contributed by atoms with Gasteiger partial charge in [-0.25, -0.2) is 0 Å². The molecule has 1 N–H and O–H groups in total. The summed E-state index contributed by atoms with van der Waals surface area (Å²) in [7, 11) is 6.10. The standard InChI is InChI=1S/C14H22N2O3/c1-15(2)6-7-16(3)9-12(17)11-4-5-13-14(8-11)19-10-18-13/h4-5,8,12,17H,6-7,9-10H2,1-3H3. The predicted molar refractivity (Wildman–Crippen MR) is 73.6 cm³/mol. The van der Waals surface area contributed by atoms with Crippen molar-refractivity contribution in [3.8, 4) is 11.5 Å². The molecule has 1 aromatic carbocycles. The lowest BCUT2D eigenvalue weighted by atomic mass is 10.1. The summed E-state index contributed by atoms with van der Waals surface area (Å²) in [5, 5.41) is 10.2. The van der Waals surface area contributed by atoms with Crippen LogP contribution in [0.1, 0.15) is 11.7 Å². The Balaban J connectivity index is 1.90. The van der Waals surface area contributed by atoms with Gasteiger partial charge in [-0.3, -0.25) is 0 Å². The molecule has 0 aromatic heterocycles. The van der Waals surface area contributed by atoms with E-state index in [1.165, 1.54) is 0 Å². The minimum absolute atomic E-state index is 0.262. The molecule has 0 spiro atoms. The lowest BCUT2D eigenvalue weighted by Gasteiger charge is -2.22. The average Bonchev–Trinajstić information content (AvgIpc) is 2.83. The minimum atomic E-state index is -0.512. The maximum absolute atomic E-state index is 10.2. The van der Waals surface area contributed by atoms with Gasteiger partial charge in [0.2, 0.25) is 6.79 Å². The van der Waals surface area contributed by atoms with Crippen LogP contribution in [-0.4, -0.2) is 62.5 Å². The first-order chi connectivity index (χ1) is 9.06. The zero-order valence-electron chi connectivity index (χ0n) is 11.8. The van der Waals surface area contributed by atoms with Crippen LogP contribution < -0.4 is 9.47 Å². The van der Waals surface area contributed by atoms with E-state index < -0.39 is 6.10 Å². The second-order valence-electron chi connectivity index (χ2n) is 5.19. The first kappa shape index (κ1) is 14.1. The van der Waals surface area contributed by atoms with Crippen LogP contribution in [0.25, 0.3) is 0 Å². The van der Waals surface area contributed by atoms with Crippen molar-refractivity contribution in [3.05, 3.63) is 23.8 Å². The van der Waals surface area contributed by atoms with Gasteiger partial charge in [0.25, 0.3) is 0 Å². The molecule has 0 aliphatic carbocycles. The zero-order valence-corrected chi connectivity index (χ0v) is 11.8. The first-order valence-corrected chi connectivity index (χ1v) is 6.47. The van der Waals surface area contributed by atoms with Crippen molar-refractivity contribution < 1.29 is 14.6 Å². The van der Waals surface area contributed by atoms with E-state index in [0.29, 0.717) is 12.3 Å². The molecule has 0 bridgehead atoms. The summed E-state index contributed by atoms with van der Waals surface area (Å²) in [6.45, 7) is 2.77. The second kappa shape index (κ2) is 6.23. The fourth-order valence-electron chi connectivity index (χ4n) is 1.98. The van der Waals surface area contributed by atoms with E-state index in [9.17, 15) is 5.11 Å². The molecule has 0 fully saturated rings. The molecule has 2 rings (SSSR count). The monoisotopic (exact) mass is 266 g/mol. The van der Waals surface area contributed by atoms with E-state index in [1.807, 2.05) is 39.3 Å². The van der Waals surface area contributed by atoms with Gasteiger partial charge in [0.05, 0.1) is 6.10 Å². The van der Waals surface area contributed by atoms with Crippen molar-refractivity contribution in [3.63, 3.8) is 0 Å².